The molecule has 4 rings (SSSR count). The summed E-state index contributed by atoms with van der Waals surface area (Å²) in [4.78, 5) is 19.1. The van der Waals surface area contributed by atoms with Gasteiger partial charge in [0.05, 0.1) is 12.0 Å². The number of likely N-dealkylation sites (tertiary alicyclic amines) is 1. The van der Waals surface area contributed by atoms with E-state index in [1.807, 2.05) is 29.2 Å². The highest BCUT2D eigenvalue weighted by atomic mass is 35.5. The van der Waals surface area contributed by atoms with Gasteiger partial charge in [0.25, 0.3) is 0 Å². The monoisotopic (exact) mass is 396 g/mol. The molecule has 0 bridgehead atoms. The Morgan fingerprint density at radius 1 is 1.23 bits per heavy atom. The summed E-state index contributed by atoms with van der Waals surface area (Å²) in [6, 6.07) is 7.34. The van der Waals surface area contributed by atoms with Crippen LogP contribution >= 0.6 is 24.0 Å². The first-order valence-corrected chi connectivity index (χ1v) is 9.20. The van der Waals surface area contributed by atoms with Gasteiger partial charge < -0.3 is 14.7 Å². The first-order chi connectivity index (χ1) is 12.2. The molecule has 0 spiro atoms. The summed E-state index contributed by atoms with van der Waals surface area (Å²) < 4.78 is 5.49. The average Bonchev–Trinajstić information content (AvgIpc) is 3.34. The number of nitrogens with one attached hydrogen (secondary N) is 1. The number of hydrogen-bond donors (Lipinski definition) is 1. The smallest absolute Gasteiger partial charge is 0.239 e. The lowest BCUT2D eigenvalue weighted by molar-refractivity contribution is -0.134. The fraction of sp³-hybridized carbons (Fsp3) is 0.500. The maximum atomic E-state index is 12.6. The number of amides is 1. The average molecular weight is 397 g/mol. The van der Waals surface area contributed by atoms with Crippen molar-refractivity contribution in [3.05, 3.63) is 35.2 Å². The Morgan fingerprint density at radius 2 is 2.04 bits per heavy atom. The fourth-order valence-corrected chi connectivity index (χ4v) is 3.74. The topological polar surface area (TPSA) is 71.3 Å². The highest BCUT2D eigenvalue weighted by Gasteiger charge is 2.32. The summed E-state index contributed by atoms with van der Waals surface area (Å²) in [5.74, 6) is 1.49. The lowest BCUT2D eigenvalue weighted by Crippen LogP contribution is -2.47. The van der Waals surface area contributed by atoms with Crippen molar-refractivity contribution in [2.45, 2.75) is 37.6 Å². The third-order valence-corrected chi connectivity index (χ3v) is 5.24. The van der Waals surface area contributed by atoms with Gasteiger partial charge in [0.15, 0.2) is 0 Å². The number of hydrogen-bond acceptors (Lipinski definition) is 5. The summed E-state index contributed by atoms with van der Waals surface area (Å²) in [5, 5.41) is 8.05. The normalized spacial score (nSPS) is 22.9. The molecule has 0 radical (unpaired) electrons. The molecular weight excluding hydrogens is 375 g/mol. The van der Waals surface area contributed by atoms with Crippen molar-refractivity contribution >= 4 is 29.9 Å². The summed E-state index contributed by atoms with van der Waals surface area (Å²) in [5.41, 5.74) is 0.873. The molecule has 8 heteroatoms. The molecule has 0 saturated carbocycles. The van der Waals surface area contributed by atoms with Crippen LogP contribution in [0.3, 0.4) is 0 Å². The summed E-state index contributed by atoms with van der Waals surface area (Å²) in [6.07, 6.45) is 3.93. The lowest BCUT2D eigenvalue weighted by atomic mass is 9.97. The largest absolute Gasteiger partial charge is 0.341 e. The van der Waals surface area contributed by atoms with Crippen LogP contribution in [0.15, 0.2) is 28.8 Å². The maximum Gasteiger partial charge on any atom is 0.239 e. The molecule has 3 heterocycles. The van der Waals surface area contributed by atoms with Crippen molar-refractivity contribution in [1.29, 1.82) is 0 Å². The van der Waals surface area contributed by atoms with Gasteiger partial charge in [0, 0.05) is 23.7 Å². The molecule has 2 aromatic rings. The fourth-order valence-electron chi connectivity index (χ4n) is 3.61. The van der Waals surface area contributed by atoms with E-state index < -0.39 is 0 Å². The third kappa shape index (κ3) is 4.03. The molecular formula is C18H22Cl2N4O2. The van der Waals surface area contributed by atoms with Crippen LogP contribution in [0.5, 0.6) is 0 Å². The lowest BCUT2D eigenvalue weighted by Gasteiger charge is -2.32. The highest BCUT2D eigenvalue weighted by Crippen LogP contribution is 2.28. The van der Waals surface area contributed by atoms with Gasteiger partial charge in [-0.2, -0.15) is 4.98 Å². The Balaban J connectivity index is 0.00000196. The van der Waals surface area contributed by atoms with E-state index in [0.29, 0.717) is 23.3 Å². The minimum Gasteiger partial charge on any atom is -0.341 e. The van der Waals surface area contributed by atoms with Gasteiger partial charge in [-0.1, -0.05) is 16.8 Å². The second-order valence-corrected chi connectivity index (χ2v) is 7.17. The van der Waals surface area contributed by atoms with Crippen molar-refractivity contribution in [3.8, 4) is 11.4 Å². The van der Waals surface area contributed by atoms with Crippen molar-refractivity contribution in [2.24, 2.45) is 0 Å². The van der Waals surface area contributed by atoms with Crippen molar-refractivity contribution < 1.29 is 9.32 Å². The van der Waals surface area contributed by atoms with Gasteiger partial charge >= 0.3 is 0 Å². The Kier molecular flexibility index (Phi) is 6.16. The van der Waals surface area contributed by atoms with E-state index in [9.17, 15) is 4.79 Å². The number of carbonyl (C=O) groups excluding carboxylic acids is 1. The Labute approximate surface area is 163 Å². The quantitative estimate of drug-likeness (QED) is 0.861. The molecule has 2 atom stereocenters. The number of halogens is 2. The van der Waals surface area contributed by atoms with E-state index in [4.69, 9.17) is 16.1 Å². The van der Waals surface area contributed by atoms with Crippen LogP contribution in [-0.2, 0) is 4.79 Å². The minimum atomic E-state index is -0.0222. The van der Waals surface area contributed by atoms with E-state index in [1.54, 1.807) is 0 Å². The van der Waals surface area contributed by atoms with Crippen LogP contribution in [0.4, 0.5) is 0 Å². The van der Waals surface area contributed by atoms with Gasteiger partial charge in [-0.25, -0.2) is 0 Å². The minimum absolute atomic E-state index is 0. The van der Waals surface area contributed by atoms with E-state index in [-0.39, 0.29) is 30.3 Å². The van der Waals surface area contributed by atoms with Gasteiger partial charge in [-0.15, -0.1) is 12.4 Å². The number of rotatable bonds is 3. The van der Waals surface area contributed by atoms with Crippen molar-refractivity contribution in [3.63, 3.8) is 0 Å². The van der Waals surface area contributed by atoms with Gasteiger partial charge in [-0.05, 0) is 56.5 Å². The Bertz CT molecular complexity index is 744. The molecule has 2 unspecified atom stereocenters. The van der Waals surface area contributed by atoms with E-state index in [0.717, 1.165) is 44.3 Å². The van der Waals surface area contributed by atoms with Crippen molar-refractivity contribution in [1.82, 2.24) is 20.4 Å². The van der Waals surface area contributed by atoms with Crippen LogP contribution in [-0.4, -0.2) is 46.6 Å². The third-order valence-electron chi connectivity index (χ3n) is 4.98. The molecule has 1 aromatic heterocycles. The van der Waals surface area contributed by atoms with Crippen LogP contribution in [0, 0.1) is 0 Å². The molecule has 6 nitrogen and oxygen atoms in total. The first kappa shape index (κ1) is 19.1. The molecule has 2 fully saturated rings. The number of nitrogens with zero attached hydrogens (tertiary/aromatic N) is 3. The van der Waals surface area contributed by atoms with Crippen LogP contribution in [0.2, 0.25) is 5.02 Å². The van der Waals surface area contributed by atoms with E-state index >= 15 is 0 Å². The molecule has 140 valence electrons. The molecule has 0 aliphatic carbocycles. The second kappa shape index (κ2) is 8.37. The number of piperidine rings is 1. The zero-order valence-electron chi connectivity index (χ0n) is 14.4. The van der Waals surface area contributed by atoms with Crippen molar-refractivity contribution in [2.75, 3.05) is 19.6 Å². The summed E-state index contributed by atoms with van der Waals surface area (Å²) in [6.45, 7) is 2.40. The Hall–Kier alpha value is -1.63. The SMILES string of the molecule is Cl.O=C(C1CCCN1)N1CCCC(c2nc(-c3ccc(Cl)cc3)no2)C1. The zero-order chi connectivity index (χ0) is 17.2. The molecule has 1 N–H and O–H groups in total. The maximum absolute atomic E-state index is 12.6. The Morgan fingerprint density at radius 3 is 2.77 bits per heavy atom. The van der Waals surface area contributed by atoms with Gasteiger partial charge in [0.2, 0.25) is 17.6 Å². The number of carbonyl (C=O) groups is 1. The molecule has 1 amide bonds. The first-order valence-electron chi connectivity index (χ1n) is 8.82. The van der Waals surface area contributed by atoms with E-state index in [1.165, 1.54) is 0 Å². The van der Waals surface area contributed by atoms with Gasteiger partial charge in [-0.3, -0.25) is 4.79 Å². The molecule has 2 aliphatic heterocycles. The predicted octanol–water partition coefficient (Wildman–Crippen LogP) is 3.27. The number of aromatic nitrogens is 2. The molecule has 26 heavy (non-hydrogen) atoms. The molecule has 2 saturated heterocycles. The van der Waals surface area contributed by atoms with Crippen LogP contribution in [0.25, 0.3) is 11.4 Å². The van der Waals surface area contributed by atoms with Crippen LogP contribution < -0.4 is 5.32 Å². The van der Waals surface area contributed by atoms with Gasteiger partial charge in [0.1, 0.15) is 0 Å². The van der Waals surface area contributed by atoms with E-state index in [2.05, 4.69) is 15.5 Å². The highest BCUT2D eigenvalue weighted by molar-refractivity contribution is 6.30. The molecule has 1 aromatic carbocycles. The van der Waals surface area contributed by atoms with Crippen LogP contribution in [0.1, 0.15) is 37.5 Å². The summed E-state index contributed by atoms with van der Waals surface area (Å²) >= 11 is 5.92. The predicted molar refractivity (Wildman–Crippen MR) is 102 cm³/mol. The second-order valence-electron chi connectivity index (χ2n) is 6.74. The standard InChI is InChI=1S/C18H21ClN4O2.ClH/c19-14-7-5-12(6-8-14)16-21-17(25-22-16)13-3-2-10-23(11-13)18(24)15-4-1-9-20-15;/h5-8,13,15,20H,1-4,9-11H2;1H. The number of benzene rings is 1. The molecule has 2 aliphatic rings. The zero-order valence-corrected chi connectivity index (χ0v) is 15.9. The summed E-state index contributed by atoms with van der Waals surface area (Å²) in [7, 11) is 0.